The molecule has 0 fully saturated rings. The molecule has 0 saturated heterocycles. The average Bonchev–Trinajstić information content (AvgIpc) is 1.90. The van der Waals surface area contributed by atoms with Crippen LogP contribution >= 0.6 is 11.8 Å². The summed E-state index contributed by atoms with van der Waals surface area (Å²) in [6, 6.07) is 0. The quantitative estimate of drug-likeness (QED) is 0.578. The highest BCUT2D eigenvalue weighted by Crippen LogP contribution is 2.20. The van der Waals surface area contributed by atoms with Crippen LogP contribution in [0.3, 0.4) is 0 Å². The van der Waals surface area contributed by atoms with Crippen LogP contribution in [0, 0.1) is 0 Å². The number of rotatable bonds is 1. The maximum absolute atomic E-state index is 3.02. The van der Waals surface area contributed by atoms with Gasteiger partial charge in [0.05, 0.1) is 0 Å². The number of thioether (sulfide) groups is 1. The molecule has 0 atom stereocenters. The molecule has 44 valence electrons. The van der Waals surface area contributed by atoms with Gasteiger partial charge in [0.15, 0.2) is 0 Å². The lowest BCUT2D eigenvalue weighted by Crippen LogP contribution is -1.96. The lowest BCUT2D eigenvalue weighted by molar-refractivity contribution is 1.11. The summed E-state index contributed by atoms with van der Waals surface area (Å²) >= 11 is 1.78. The fourth-order valence-corrected chi connectivity index (χ4v) is 1.15. The van der Waals surface area contributed by atoms with Gasteiger partial charge >= 0.3 is 0 Å². The predicted octanol–water partition coefficient (Wildman–Crippen LogP) is 2.05. The number of nitrogens with one attached hydrogen (secondary N) is 1. The first kappa shape index (κ1) is 5.76. The maximum Gasteiger partial charge on any atom is 0.0104 e. The second kappa shape index (κ2) is 2.82. The summed E-state index contributed by atoms with van der Waals surface area (Å²) in [6.45, 7) is 2.15. The first-order chi connectivity index (χ1) is 3.93. The van der Waals surface area contributed by atoms with E-state index in [2.05, 4.69) is 17.6 Å². The Morgan fingerprint density at radius 3 is 3.00 bits per heavy atom. The molecule has 1 aliphatic rings. The Labute approximate surface area is 53.9 Å². The maximum atomic E-state index is 3.02. The summed E-state index contributed by atoms with van der Waals surface area (Å²) in [5, 5.41) is 5.08. The van der Waals surface area contributed by atoms with Gasteiger partial charge in [-0.3, -0.25) is 0 Å². The first-order valence-electron chi connectivity index (χ1n) is 2.70. The Hall–Kier alpha value is -0.370. The lowest BCUT2D eigenvalue weighted by atomic mass is 10.5. The molecule has 1 rings (SSSR count). The molecule has 1 heterocycles. The molecule has 0 bridgehead atoms. The largest absolute Gasteiger partial charge is 0.366 e. The Morgan fingerprint density at radius 2 is 2.62 bits per heavy atom. The summed E-state index contributed by atoms with van der Waals surface area (Å²) < 4.78 is 0. The van der Waals surface area contributed by atoms with Crippen LogP contribution < -0.4 is 5.32 Å². The van der Waals surface area contributed by atoms with Gasteiger partial charge in [0, 0.05) is 17.3 Å². The SMILES string of the molecule is CCC1=CNC=CS1. The molecule has 0 aromatic heterocycles. The molecular weight excluding hydrogens is 118 g/mol. The van der Waals surface area contributed by atoms with Crippen molar-refractivity contribution in [3.8, 4) is 0 Å². The van der Waals surface area contributed by atoms with Gasteiger partial charge in [-0.05, 0) is 11.8 Å². The van der Waals surface area contributed by atoms with Crippen molar-refractivity contribution in [1.82, 2.24) is 5.32 Å². The van der Waals surface area contributed by atoms with Gasteiger partial charge in [0.1, 0.15) is 0 Å². The first-order valence-corrected chi connectivity index (χ1v) is 3.58. The number of allylic oxidation sites excluding steroid dienone is 1. The zero-order chi connectivity index (χ0) is 5.82. The lowest BCUT2D eigenvalue weighted by Gasteiger charge is -2.03. The van der Waals surface area contributed by atoms with Gasteiger partial charge in [-0.25, -0.2) is 0 Å². The molecule has 1 N–H and O–H groups in total. The minimum absolute atomic E-state index is 1.13. The van der Waals surface area contributed by atoms with Crippen molar-refractivity contribution in [3.05, 3.63) is 22.7 Å². The fourth-order valence-electron chi connectivity index (χ4n) is 0.521. The Kier molecular flexibility index (Phi) is 2.03. The number of hydrogen-bond donors (Lipinski definition) is 1. The van der Waals surface area contributed by atoms with Gasteiger partial charge in [-0.15, -0.1) is 0 Å². The molecular formula is C6H9NS. The zero-order valence-corrected chi connectivity index (χ0v) is 5.66. The normalized spacial score (nSPS) is 17.4. The minimum Gasteiger partial charge on any atom is -0.366 e. The van der Waals surface area contributed by atoms with E-state index in [0.29, 0.717) is 0 Å². The van der Waals surface area contributed by atoms with E-state index in [1.807, 2.05) is 12.4 Å². The monoisotopic (exact) mass is 127 g/mol. The van der Waals surface area contributed by atoms with Crippen molar-refractivity contribution < 1.29 is 0 Å². The van der Waals surface area contributed by atoms with E-state index >= 15 is 0 Å². The molecule has 0 spiro atoms. The van der Waals surface area contributed by atoms with E-state index < -0.39 is 0 Å². The van der Waals surface area contributed by atoms with E-state index in [0.717, 1.165) is 6.42 Å². The van der Waals surface area contributed by atoms with Crippen molar-refractivity contribution in [2.24, 2.45) is 0 Å². The van der Waals surface area contributed by atoms with E-state index in [1.54, 1.807) is 11.8 Å². The van der Waals surface area contributed by atoms with Gasteiger partial charge in [-0.1, -0.05) is 18.7 Å². The number of hydrogen-bond acceptors (Lipinski definition) is 2. The molecule has 1 aliphatic heterocycles. The molecule has 0 aromatic rings. The third-order valence-corrected chi connectivity index (χ3v) is 1.96. The van der Waals surface area contributed by atoms with Crippen molar-refractivity contribution in [3.63, 3.8) is 0 Å². The van der Waals surface area contributed by atoms with Gasteiger partial charge in [0.2, 0.25) is 0 Å². The van der Waals surface area contributed by atoms with Gasteiger partial charge in [-0.2, -0.15) is 0 Å². The van der Waals surface area contributed by atoms with Crippen LogP contribution in [0.4, 0.5) is 0 Å². The molecule has 0 radical (unpaired) electrons. The fraction of sp³-hybridized carbons (Fsp3) is 0.333. The Balaban J connectivity index is 2.43. The van der Waals surface area contributed by atoms with Gasteiger partial charge in [0.25, 0.3) is 0 Å². The third-order valence-electron chi connectivity index (χ3n) is 0.976. The smallest absolute Gasteiger partial charge is 0.0104 e. The molecule has 0 amide bonds. The van der Waals surface area contributed by atoms with Crippen LogP contribution in [0.15, 0.2) is 22.7 Å². The summed E-state index contributed by atoms with van der Waals surface area (Å²) in [4.78, 5) is 1.40. The summed E-state index contributed by atoms with van der Waals surface area (Å²) in [5.41, 5.74) is 0. The van der Waals surface area contributed by atoms with Crippen molar-refractivity contribution in [2.75, 3.05) is 0 Å². The van der Waals surface area contributed by atoms with E-state index in [4.69, 9.17) is 0 Å². The predicted molar refractivity (Wildman–Crippen MR) is 38.2 cm³/mol. The van der Waals surface area contributed by atoms with Crippen molar-refractivity contribution >= 4 is 11.8 Å². The molecule has 1 nitrogen and oxygen atoms in total. The van der Waals surface area contributed by atoms with E-state index in [9.17, 15) is 0 Å². The van der Waals surface area contributed by atoms with Crippen LogP contribution in [0.1, 0.15) is 13.3 Å². The van der Waals surface area contributed by atoms with Crippen LogP contribution in [0.2, 0.25) is 0 Å². The van der Waals surface area contributed by atoms with Crippen LogP contribution in [0.25, 0.3) is 0 Å². The van der Waals surface area contributed by atoms with Crippen LogP contribution in [-0.2, 0) is 0 Å². The third kappa shape index (κ3) is 1.30. The molecule has 8 heavy (non-hydrogen) atoms. The minimum atomic E-state index is 1.13. The average molecular weight is 127 g/mol. The van der Waals surface area contributed by atoms with Crippen LogP contribution in [0.5, 0.6) is 0 Å². The van der Waals surface area contributed by atoms with Crippen molar-refractivity contribution in [1.29, 1.82) is 0 Å². The molecule has 0 aromatic carbocycles. The standard InChI is InChI=1S/C6H9NS/c1-2-6-5-7-3-4-8-6/h3-5,7H,2H2,1H3. The highest BCUT2D eigenvalue weighted by molar-refractivity contribution is 8.05. The molecule has 2 heteroatoms. The topological polar surface area (TPSA) is 12.0 Å². The second-order valence-corrected chi connectivity index (χ2v) is 2.58. The zero-order valence-electron chi connectivity index (χ0n) is 4.85. The summed E-state index contributed by atoms with van der Waals surface area (Å²) in [7, 11) is 0. The summed E-state index contributed by atoms with van der Waals surface area (Å²) in [5.74, 6) is 0. The highest BCUT2D eigenvalue weighted by atomic mass is 32.2. The Morgan fingerprint density at radius 1 is 1.75 bits per heavy atom. The van der Waals surface area contributed by atoms with Crippen molar-refractivity contribution in [2.45, 2.75) is 13.3 Å². The Bertz CT molecular complexity index is 126. The van der Waals surface area contributed by atoms with E-state index in [-0.39, 0.29) is 0 Å². The summed E-state index contributed by atoms with van der Waals surface area (Å²) in [6.07, 6.45) is 5.09. The van der Waals surface area contributed by atoms with E-state index in [1.165, 1.54) is 4.91 Å². The highest BCUT2D eigenvalue weighted by Gasteiger charge is 1.92. The molecule has 0 aliphatic carbocycles. The molecule has 0 saturated carbocycles. The second-order valence-electron chi connectivity index (χ2n) is 1.55. The van der Waals surface area contributed by atoms with Crippen LogP contribution in [-0.4, -0.2) is 0 Å². The van der Waals surface area contributed by atoms with Gasteiger partial charge < -0.3 is 5.32 Å². The molecule has 0 unspecified atom stereocenters.